The van der Waals surface area contributed by atoms with E-state index in [9.17, 15) is 0 Å². The molecule has 0 amide bonds. The van der Waals surface area contributed by atoms with Gasteiger partial charge in [-0.1, -0.05) is 12.2 Å². The maximum absolute atomic E-state index is 5.07. The van der Waals surface area contributed by atoms with Crippen LogP contribution in [0.5, 0.6) is 5.88 Å². The van der Waals surface area contributed by atoms with Crippen LogP contribution < -0.4 is 4.74 Å². The van der Waals surface area contributed by atoms with E-state index in [1.165, 1.54) is 11.5 Å². The topological polar surface area (TPSA) is 37.9 Å². The summed E-state index contributed by atoms with van der Waals surface area (Å²) >= 11 is 6.45. The third kappa shape index (κ3) is 1.83. The Morgan fingerprint density at radius 3 is 3.00 bits per heavy atom. The van der Waals surface area contributed by atoms with E-state index in [4.69, 9.17) is 17.0 Å². The van der Waals surface area contributed by atoms with E-state index in [-0.39, 0.29) is 0 Å². The minimum atomic E-state index is 0.633. The fourth-order valence-corrected chi connectivity index (χ4v) is 1.94. The third-order valence-electron chi connectivity index (χ3n) is 1.74. The van der Waals surface area contributed by atoms with Crippen LogP contribution in [0.2, 0.25) is 0 Å². The molecule has 0 unspecified atom stereocenters. The van der Waals surface area contributed by atoms with Crippen molar-refractivity contribution >= 4 is 23.8 Å². The molecule has 72 valence electrons. The van der Waals surface area contributed by atoms with Gasteiger partial charge in [-0.3, -0.25) is 0 Å². The second-order valence-corrected chi connectivity index (χ2v) is 3.95. The zero-order valence-corrected chi connectivity index (χ0v) is 9.11. The average molecular weight is 224 g/mol. The minimum absolute atomic E-state index is 0.633. The Kier molecular flexibility index (Phi) is 2.60. The largest absolute Gasteiger partial charge is 0.480 e. The first-order valence-corrected chi connectivity index (χ1v) is 5.17. The lowest BCUT2D eigenvalue weighted by atomic mass is 10.3. The molecule has 2 aromatic heterocycles. The predicted molar refractivity (Wildman–Crippen MR) is 59.3 cm³/mol. The van der Waals surface area contributed by atoms with Crippen LogP contribution in [0.15, 0.2) is 24.4 Å². The standard InChI is InChI=1S/C9H8N2OS2/c1-12-9-5-8(14-11-9)7-4-6(13)2-3-10-7/h2-5H,1H3,(H,10,13). The summed E-state index contributed by atoms with van der Waals surface area (Å²) in [4.78, 5) is 4.13. The molecular formula is C9H8N2OS2. The molecule has 0 radical (unpaired) electrons. The number of rotatable bonds is 2. The van der Waals surface area contributed by atoms with Gasteiger partial charge in [0.1, 0.15) is 0 Å². The molecule has 0 aromatic carbocycles. The monoisotopic (exact) mass is 224 g/mol. The van der Waals surface area contributed by atoms with E-state index in [1.807, 2.05) is 24.4 Å². The molecule has 0 saturated heterocycles. The lowest BCUT2D eigenvalue weighted by molar-refractivity contribution is 0.403. The molecule has 0 spiro atoms. The molecule has 3 nitrogen and oxygen atoms in total. The van der Waals surface area contributed by atoms with Gasteiger partial charge in [-0.15, -0.1) is 0 Å². The molecule has 0 atom stereocenters. The first-order valence-electron chi connectivity index (χ1n) is 3.99. The molecule has 0 aliphatic carbocycles. The van der Waals surface area contributed by atoms with E-state index in [0.29, 0.717) is 5.88 Å². The summed E-state index contributed by atoms with van der Waals surface area (Å²) in [7, 11) is 1.60. The second kappa shape index (κ2) is 3.89. The van der Waals surface area contributed by atoms with Gasteiger partial charge in [0.25, 0.3) is 0 Å². The molecule has 0 aliphatic heterocycles. The smallest absolute Gasteiger partial charge is 0.225 e. The molecule has 5 heteroatoms. The van der Waals surface area contributed by atoms with Crippen LogP contribution >= 0.6 is 23.8 Å². The zero-order chi connectivity index (χ0) is 9.97. The number of nitrogens with one attached hydrogen (secondary N) is 1. The van der Waals surface area contributed by atoms with Gasteiger partial charge in [0.2, 0.25) is 5.88 Å². The summed E-state index contributed by atoms with van der Waals surface area (Å²) in [5.74, 6) is 0.633. The van der Waals surface area contributed by atoms with Crippen LogP contribution in [0.3, 0.4) is 0 Å². The Bertz CT molecular complexity index is 489. The number of aromatic amines is 1. The van der Waals surface area contributed by atoms with Gasteiger partial charge in [-0.25, -0.2) is 0 Å². The molecule has 2 heterocycles. The van der Waals surface area contributed by atoms with Gasteiger partial charge in [-0.05, 0) is 23.7 Å². The number of hydrogen-bond donors (Lipinski definition) is 1. The highest BCUT2D eigenvalue weighted by atomic mass is 32.1. The third-order valence-corrected chi connectivity index (χ3v) is 2.80. The highest BCUT2D eigenvalue weighted by Gasteiger charge is 2.03. The van der Waals surface area contributed by atoms with E-state index in [1.54, 1.807) is 7.11 Å². The Morgan fingerprint density at radius 1 is 1.50 bits per heavy atom. The lowest BCUT2D eigenvalue weighted by Gasteiger charge is -1.94. The van der Waals surface area contributed by atoms with Crippen molar-refractivity contribution in [2.24, 2.45) is 0 Å². The number of H-pyrrole nitrogens is 1. The summed E-state index contributed by atoms with van der Waals surface area (Å²) in [6.07, 6.45) is 1.82. The van der Waals surface area contributed by atoms with Gasteiger partial charge < -0.3 is 9.72 Å². The number of methoxy groups -OCH3 is 1. The summed E-state index contributed by atoms with van der Waals surface area (Å²) in [6.45, 7) is 0. The summed E-state index contributed by atoms with van der Waals surface area (Å²) in [5.41, 5.74) is 0.971. The average Bonchev–Trinajstić information content (AvgIpc) is 2.66. The van der Waals surface area contributed by atoms with Crippen LogP contribution in [0.1, 0.15) is 0 Å². The zero-order valence-electron chi connectivity index (χ0n) is 7.48. The van der Waals surface area contributed by atoms with E-state index < -0.39 is 0 Å². The Labute approximate surface area is 90.5 Å². The van der Waals surface area contributed by atoms with Gasteiger partial charge in [0.05, 0.1) is 17.7 Å². The Balaban J connectivity index is 2.44. The molecule has 0 saturated carbocycles. The molecule has 0 bridgehead atoms. The molecular weight excluding hydrogens is 216 g/mol. The molecule has 14 heavy (non-hydrogen) atoms. The van der Waals surface area contributed by atoms with Crippen molar-refractivity contribution in [3.63, 3.8) is 0 Å². The Hall–Kier alpha value is -1.20. The summed E-state index contributed by atoms with van der Waals surface area (Å²) < 4.78 is 9.92. The fourth-order valence-electron chi connectivity index (χ4n) is 1.07. The van der Waals surface area contributed by atoms with E-state index >= 15 is 0 Å². The predicted octanol–water partition coefficient (Wildman–Crippen LogP) is 2.88. The van der Waals surface area contributed by atoms with Crippen molar-refractivity contribution < 1.29 is 4.74 Å². The van der Waals surface area contributed by atoms with Crippen molar-refractivity contribution in [3.8, 4) is 16.5 Å². The maximum atomic E-state index is 5.07. The van der Waals surface area contributed by atoms with Crippen molar-refractivity contribution in [1.29, 1.82) is 0 Å². The maximum Gasteiger partial charge on any atom is 0.225 e. The molecule has 2 aromatic rings. The number of hydrogen-bond acceptors (Lipinski definition) is 4. The van der Waals surface area contributed by atoms with Crippen LogP contribution in [-0.2, 0) is 0 Å². The molecule has 1 N–H and O–H groups in total. The normalized spacial score (nSPS) is 10.1. The van der Waals surface area contributed by atoms with Crippen LogP contribution in [0.4, 0.5) is 0 Å². The van der Waals surface area contributed by atoms with E-state index in [2.05, 4.69) is 9.36 Å². The van der Waals surface area contributed by atoms with Crippen molar-refractivity contribution in [2.75, 3.05) is 7.11 Å². The fraction of sp³-hybridized carbons (Fsp3) is 0.111. The Morgan fingerprint density at radius 2 is 2.36 bits per heavy atom. The van der Waals surface area contributed by atoms with Gasteiger partial charge in [0.15, 0.2) is 0 Å². The lowest BCUT2D eigenvalue weighted by Crippen LogP contribution is -1.80. The van der Waals surface area contributed by atoms with Crippen LogP contribution in [-0.4, -0.2) is 16.5 Å². The number of aromatic nitrogens is 2. The molecule has 0 aliphatic rings. The SMILES string of the molecule is COc1cc(-c2cc(=S)cc[nH]2)sn1. The van der Waals surface area contributed by atoms with Crippen molar-refractivity contribution in [3.05, 3.63) is 28.9 Å². The highest BCUT2D eigenvalue weighted by molar-refractivity contribution is 7.71. The highest BCUT2D eigenvalue weighted by Crippen LogP contribution is 2.25. The van der Waals surface area contributed by atoms with Gasteiger partial charge in [0, 0.05) is 16.8 Å². The molecule has 2 rings (SSSR count). The van der Waals surface area contributed by atoms with Crippen molar-refractivity contribution in [2.45, 2.75) is 0 Å². The molecule has 0 fully saturated rings. The first-order chi connectivity index (χ1) is 6.79. The van der Waals surface area contributed by atoms with Crippen LogP contribution in [0.25, 0.3) is 10.6 Å². The van der Waals surface area contributed by atoms with Crippen LogP contribution in [0, 0.1) is 4.51 Å². The van der Waals surface area contributed by atoms with Crippen molar-refractivity contribution in [1.82, 2.24) is 9.36 Å². The number of pyridine rings is 1. The van der Waals surface area contributed by atoms with Gasteiger partial charge in [-0.2, -0.15) is 4.37 Å². The summed E-state index contributed by atoms with van der Waals surface area (Å²) in [5, 5.41) is 0. The van der Waals surface area contributed by atoms with Gasteiger partial charge >= 0.3 is 0 Å². The number of ether oxygens (including phenoxy) is 1. The quantitative estimate of drug-likeness (QED) is 0.797. The summed E-state index contributed by atoms with van der Waals surface area (Å²) in [6, 6.07) is 5.63. The number of nitrogens with zero attached hydrogens (tertiary/aromatic N) is 1. The minimum Gasteiger partial charge on any atom is -0.480 e. The first kappa shape index (κ1) is 9.36. The van der Waals surface area contributed by atoms with E-state index in [0.717, 1.165) is 15.1 Å². The second-order valence-electron chi connectivity index (χ2n) is 2.67.